The number of ether oxygens (including phenoxy) is 1. The molecule has 1 saturated heterocycles. The molecule has 2 N–H and O–H groups in total. The Labute approximate surface area is 200 Å². The molecule has 1 aromatic carbocycles. The minimum absolute atomic E-state index is 0.0349. The number of anilines is 1. The number of nitrogens with one attached hydrogen (secondary N) is 2. The predicted molar refractivity (Wildman–Crippen MR) is 128 cm³/mol. The smallest absolute Gasteiger partial charge is 0.263 e. The molecule has 0 unspecified atom stereocenters. The van der Waals surface area contributed by atoms with E-state index < -0.39 is 0 Å². The lowest BCUT2D eigenvalue weighted by Crippen LogP contribution is -2.31. The lowest BCUT2D eigenvalue weighted by molar-refractivity contribution is -0.118. The van der Waals surface area contributed by atoms with E-state index in [2.05, 4.69) is 20.5 Å². The van der Waals surface area contributed by atoms with Gasteiger partial charge >= 0.3 is 0 Å². The van der Waals surface area contributed by atoms with Gasteiger partial charge in [-0.25, -0.2) is 9.37 Å². The van der Waals surface area contributed by atoms with E-state index >= 15 is 0 Å². The van der Waals surface area contributed by atoms with Crippen molar-refractivity contribution in [3.8, 4) is 5.75 Å². The Kier molecular flexibility index (Phi) is 6.49. The molecule has 0 saturated carbocycles. The normalized spacial score (nSPS) is 18.1. The maximum Gasteiger partial charge on any atom is 0.263 e. The first kappa shape index (κ1) is 22.8. The number of pyridine rings is 2. The number of likely N-dealkylation sites (tertiary alicyclic amines) is 1. The predicted octanol–water partition coefficient (Wildman–Crippen LogP) is 2.63. The summed E-state index contributed by atoms with van der Waals surface area (Å²) in [5, 5.41) is 7.45. The molecule has 8 nitrogen and oxygen atoms in total. The molecule has 2 aliphatic rings. The second kappa shape index (κ2) is 9.69. The Balaban J connectivity index is 1.14. The Morgan fingerprint density at radius 1 is 1.21 bits per heavy atom. The molecule has 178 valence electrons. The summed E-state index contributed by atoms with van der Waals surface area (Å²) in [5.74, 6) is 0.757. The highest BCUT2D eigenvalue weighted by molar-refractivity contribution is 6.31. The van der Waals surface area contributed by atoms with Crippen molar-refractivity contribution in [3.05, 3.63) is 63.3 Å². The Morgan fingerprint density at radius 2 is 2.06 bits per heavy atom. The van der Waals surface area contributed by atoms with Crippen LogP contribution in [0.3, 0.4) is 0 Å². The average Bonchev–Trinajstić information content (AvgIpc) is 3.26. The highest BCUT2D eigenvalue weighted by atomic mass is 35.5. The summed E-state index contributed by atoms with van der Waals surface area (Å²) in [7, 11) is 0. The van der Waals surface area contributed by atoms with Crippen molar-refractivity contribution in [1.29, 1.82) is 0 Å². The number of halogens is 2. The molecular formula is C24H25ClFN5O3. The van der Waals surface area contributed by atoms with Gasteiger partial charge in [0.25, 0.3) is 11.5 Å². The molecule has 0 radical (unpaired) electrons. The fraction of sp³-hybridized carbons (Fsp3) is 0.375. The number of hydrogen-bond donors (Lipinski definition) is 2. The standard InChI is InChI=1S/C24H25ClFN5O3/c25-18-10-21-24(29-22(32)14-34-21)28-19(18)12-27-11-15-5-6-30(13-15)7-8-31-20-9-17(26)3-1-16(20)2-4-23(31)33/h1-4,9-10,15,27H,5-8,11-14H2,(H,28,29,32)/t15-/m0/s1. The van der Waals surface area contributed by atoms with E-state index in [-0.39, 0.29) is 23.9 Å². The van der Waals surface area contributed by atoms with Crippen molar-refractivity contribution >= 4 is 34.2 Å². The van der Waals surface area contributed by atoms with Crippen LogP contribution in [0.5, 0.6) is 5.75 Å². The van der Waals surface area contributed by atoms with Crippen LogP contribution in [0.25, 0.3) is 10.9 Å². The van der Waals surface area contributed by atoms with Crippen molar-refractivity contribution in [2.24, 2.45) is 5.92 Å². The van der Waals surface area contributed by atoms with Gasteiger partial charge in [-0.15, -0.1) is 0 Å². The summed E-state index contributed by atoms with van der Waals surface area (Å²) in [6.07, 6.45) is 1.04. The maximum absolute atomic E-state index is 13.7. The zero-order valence-corrected chi connectivity index (χ0v) is 19.3. The zero-order valence-electron chi connectivity index (χ0n) is 18.5. The molecule has 1 fully saturated rings. The SMILES string of the molecule is O=C1COc2cc(Cl)c(CNC[C@@H]3CCN(CCn4c(=O)ccc5ccc(F)cc54)C3)nc2N1. The third-order valence-corrected chi connectivity index (χ3v) is 6.65. The van der Waals surface area contributed by atoms with Crippen molar-refractivity contribution in [3.63, 3.8) is 0 Å². The third kappa shape index (κ3) is 4.91. The molecule has 1 atom stereocenters. The van der Waals surface area contributed by atoms with E-state index in [0.29, 0.717) is 46.8 Å². The van der Waals surface area contributed by atoms with Crippen LogP contribution in [0.15, 0.2) is 41.2 Å². The number of nitrogens with zero attached hydrogens (tertiary/aromatic N) is 3. The van der Waals surface area contributed by atoms with E-state index in [0.717, 1.165) is 38.0 Å². The minimum Gasteiger partial charge on any atom is -0.480 e. The van der Waals surface area contributed by atoms with E-state index in [9.17, 15) is 14.0 Å². The molecule has 0 spiro atoms. The summed E-state index contributed by atoms with van der Waals surface area (Å²) in [5.41, 5.74) is 1.16. The van der Waals surface area contributed by atoms with Crippen molar-refractivity contribution in [2.45, 2.75) is 19.5 Å². The number of amides is 1. The largest absolute Gasteiger partial charge is 0.480 e. The van der Waals surface area contributed by atoms with Gasteiger partial charge in [0.1, 0.15) is 5.82 Å². The molecule has 0 aliphatic carbocycles. The average molecular weight is 486 g/mol. The fourth-order valence-corrected chi connectivity index (χ4v) is 4.76. The molecule has 2 aliphatic heterocycles. The number of rotatable bonds is 7. The zero-order chi connectivity index (χ0) is 23.7. The third-order valence-electron chi connectivity index (χ3n) is 6.32. The van der Waals surface area contributed by atoms with Crippen LogP contribution in [-0.2, 0) is 17.9 Å². The quantitative estimate of drug-likeness (QED) is 0.535. The summed E-state index contributed by atoms with van der Waals surface area (Å²) in [4.78, 5) is 30.7. The van der Waals surface area contributed by atoms with Crippen molar-refractivity contribution in [1.82, 2.24) is 19.8 Å². The first-order chi connectivity index (χ1) is 16.5. The fourth-order valence-electron chi connectivity index (χ4n) is 4.56. The maximum atomic E-state index is 13.7. The first-order valence-electron chi connectivity index (χ1n) is 11.3. The van der Waals surface area contributed by atoms with E-state index in [4.69, 9.17) is 16.3 Å². The van der Waals surface area contributed by atoms with Crippen LogP contribution in [0.4, 0.5) is 10.2 Å². The Morgan fingerprint density at radius 3 is 2.94 bits per heavy atom. The number of aromatic nitrogens is 2. The second-order valence-corrected chi connectivity index (χ2v) is 9.12. The number of hydrogen-bond acceptors (Lipinski definition) is 6. The van der Waals surface area contributed by atoms with Crippen LogP contribution in [0.1, 0.15) is 12.1 Å². The first-order valence-corrected chi connectivity index (χ1v) is 11.7. The molecule has 3 aromatic rings. The van der Waals surface area contributed by atoms with Gasteiger partial charge in [0.2, 0.25) is 0 Å². The Bertz CT molecular complexity index is 1300. The van der Waals surface area contributed by atoms with Crippen LogP contribution in [0.2, 0.25) is 5.02 Å². The lowest BCUT2D eigenvalue weighted by atomic mass is 10.1. The van der Waals surface area contributed by atoms with E-state index in [1.54, 1.807) is 22.8 Å². The number of fused-ring (bicyclic) bond motifs is 2. The van der Waals surface area contributed by atoms with Crippen LogP contribution < -0.4 is 20.9 Å². The van der Waals surface area contributed by atoms with Gasteiger partial charge in [-0.3, -0.25) is 9.59 Å². The topological polar surface area (TPSA) is 88.5 Å². The van der Waals surface area contributed by atoms with Gasteiger partial charge in [0.15, 0.2) is 18.2 Å². The number of benzene rings is 1. The van der Waals surface area contributed by atoms with E-state index in [1.807, 2.05) is 0 Å². The van der Waals surface area contributed by atoms with Crippen LogP contribution >= 0.6 is 11.6 Å². The number of carbonyl (C=O) groups excluding carboxylic acids is 1. The molecule has 10 heteroatoms. The monoisotopic (exact) mass is 485 g/mol. The molecule has 0 bridgehead atoms. The Hall–Kier alpha value is -3.01. The number of carbonyl (C=O) groups is 1. The van der Waals surface area contributed by atoms with Crippen molar-refractivity contribution in [2.75, 3.05) is 38.1 Å². The molecule has 34 heavy (non-hydrogen) atoms. The van der Waals surface area contributed by atoms with Crippen LogP contribution in [-0.4, -0.2) is 53.1 Å². The molecule has 1 amide bonds. The van der Waals surface area contributed by atoms with Gasteiger partial charge in [-0.1, -0.05) is 11.6 Å². The summed E-state index contributed by atoms with van der Waals surface area (Å²) >= 11 is 6.32. The highest BCUT2D eigenvalue weighted by Crippen LogP contribution is 2.30. The molecule has 5 rings (SSSR count). The van der Waals surface area contributed by atoms with Gasteiger partial charge in [-0.2, -0.15) is 0 Å². The summed E-state index contributed by atoms with van der Waals surface area (Å²) in [6.45, 7) is 4.35. The van der Waals surface area contributed by atoms with Gasteiger partial charge in [0.05, 0.1) is 16.2 Å². The molecule has 2 aromatic heterocycles. The van der Waals surface area contributed by atoms with Crippen LogP contribution in [0, 0.1) is 11.7 Å². The van der Waals surface area contributed by atoms with E-state index in [1.165, 1.54) is 18.2 Å². The summed E-state index contributed by atoms with van der Waals surface area (Å²) in [6, 6.07) is 9.47. The van der Waals surface area contributed by atoms with Gasteiger partial charge in [0, 0.05) is 38.3 Å². The van der Waals surface area contributed by atoms with Crippen molar-refractivity contribution < 1.29 is 13.9 Å². The highest BCUT2D eigenvalue weighted by Gasteiger charge is 2.23. The molecule has 4 heterocycles. The van der Waals surface area contributed by atoms with Gasteiger partial charge < -0.3 is 24.8 Å². The lowest BCUT2D eigenvalue weighted by Gasteiger charge is -2.19. The minimum atomic E-state index is -0.345. The summed E-state index contributed by atoms with van der Waals surface area (Å²) < 4.78 is 20.7. The second-order valence-electron chi connectivity index (χ2n) is 8.71. The van der Waals surface area contributed by atoms with Gasteiger partial charge in [-0.05, 0) is 55.1 Å². The molecular weight excluding hydrogens is 461 g/mol.